The second-order valence-corrected chi connectivity index (χ2v) is 10.9. The van der Waals surface area contributed by atoms with Crippen LogP contribution in [0.3, 0.4) is 0 Å². The number of piperidine rings is 1. The molecule has 31 heavy (non-hydrogen) atoms. The van der Waals surface area contributed by atoms with Crippen molar-refractivity contribution < 1.29 is 12.8 Å². The molecule has 3 aromatic rings. The Labute approximate surface area is 189 Å². The molecule has 0 saturated carbocycles. The topological polar surface area (TPSA) is 74.1 Å². The van der Waals surface area contributed by atoms with Gasteiger partial charge in [0.2, 0.25) is 0 Å². The molecule has 1 aromatic heterocycles. The highest BCUT2D eigenvalue weighted by atomic mass is 35.5. The third-order valence-electron chi connectivity index (χ3n) is 5.31. The van der Waals surface area contributed by atoms with E-state index in [0.29, 0.717) is 37.4 Å². The van der Waals surface area contributed by atoms with Gasteiger partial charge in [-0.25, -0.2) is 17.8 Å². The summed E-state index contributed by atoms with van der Waals surface area (Å²) in [5.74, 6) is -0.376. The van der Waals surface area contributed by atoms with Gasteiger partial charge in [-0.2, -0.15) is 5.26 Å². The Hall–Kier alpha value is -2.47. The average Bonchev–Trinajstić information content (AvgIpc) is 3.21. The summed E-state index contributed by atoms with van der Waals surface area (Å²) in [7, 11) is -3.57. The van der Waals surface area contributed by atoms with Crippen LogP contribution in [0.5, 0.6) is 0 Å². The number of halogens is 2. The fourth-order valence-corrected chi connectivity index (χ4v) is 6.79. The van der Waals surface area contributed by atoms with Gasteiger partial charge in [0, 0.05) is 29.9 Å². The molecule has 4 rings (SSSR count). The number of nitriles is 1. The molecular weight excluding hydrogens is 457 g/mol. The van der Waals surface area contributed by atoms with Gasteiger partial charge in [-0.15, -0.1) is 11.3 Å². The zero-order chi connectivity index (χ0) is 22.0. The molecule has 160 valence electrons. The van der Waals surface area contributed by atoms with E-state index in [1.54, 1.807) is 18.2 Å². The molecule has 5 nitrogen and oxygen atoms in total. The van der Waals surface area contributed by atoms with E-state index in [0.717, 1.165) is 16.4 Å². The second-order valence-electron chi connectivity index (χ2n) is 7.42. The van der Waals surface area contributed by atoms with Crippen molar-refractivity contribution >= 4 is 37.9 Å². The summed E-state index contributed by atoms with van der Waals surface area (Å²) in [5.41, 5.74) is 1.76. The zero-order valence-corrected chi connectivity index (χ0v) is 18.9. The van der Waals surface area contributed by atoms with Crippen molar-refractivity contribution in [1.29, 1.82) is 5.26 Å². The van der Waals surface area contributed by atoms with Crippen molar-refractivity contribution in [1.82, 2.24) is 4.98 Å². The van der Waals surface area contributed by atoms with Crippen molar-refractivity contribution in [3.63, 3.8) is 0 Å². The third-order valence-corrected chi connectivity index (χ3v) is 8.80. The normalized spacial score (nSPS) is 15.1. The van der Waals surface area contributed by atoms with E-state index in [4.69, 9.17) is 11.6 Å². The number of thiazole rings is 1. The SMILES string of the molecule is N#Cc1ccccc1S(=O)(=O)C1CCN(c2nc(Cc3cc(F)cc(Cl)c3)cs2)CC1. The van der Waals surface area contributed by atoms with Crippen LogP contribution in [-0.2, 0) is 16.3 Å². The Morgan fingerprint density at radius 1 is 1.23 bits per heavy atom. The number of hydrogen-bond donors (Lipinski definition) is 0. The maximum atomic E-state index is 13.6. The minimum absolute atomic E-state index is 0.112. The molecule has 0 amide bonds. The van der Waals surface area contributed by atoms with Crippen LogP contribution in [0.15, 0.2) is 52.7 Å². The molecule has 2 heterocycles. The molecule has 0 unspecified atom stereocenters. The number of nitrogens with zero attached hydrogens (tertiary/aromatic N) is 3. The number of rotatable bonds is 5. The summed E-state index contributed by atoms with van der Waals surface area (Å²) in [4.78, 5) is 6.84. The van der Waals surface area contributed by atoms with Gasteiger partial charge in [-0.1, -0.05) is 23.7 Å². The van der Waals surface area contributed by atoms with Crippen LogP contribution in [0.25, 0.3) is 0 Å². The quantitative estimate of drug-likeness (QED) is 0.527. The molecule has 1 saturated heterocycles. The molecule has 0 N–H and O–H groups in total. The summed E-state index contributed by atoms with van der Waals surface area (Å²) in [6, 6.07) is 12.8. The van der Waals surface area contributed by atoms with Gasteiger partial charge >= 0.3 is 0 Å². The van der Waals surface area contributed by atoms with E-state index < -0.39 is 15.1 Å². The van der Waals surface area contributed by atoms with Gasteiger partial charge in [0.1, 0.15) is 11.9 Å². The molecule has 0 radical (unpaired) electrons. The van der Waals surface area contributed by atoms with Crippen LogP contribution in [0.2, 0.25) is 5.02 Å². The van der Waals surface area contributed by atoms with Crippen molar-refractivity contribution in [3.8, 4) is 6.07 Å². The first-order chi connectivity index (χ1) is 14.9. The first-order valence-electron chi connectivity index (χ1n) is 9.74. The van der Waals surface area contributed by atoms with Gasteiger partial charge in [-0.05, 0) is 48.7 Å². The fraction of sp³-hybridized carbons (Fsp3) is 0.273. The largest absolute Gasteiger partial charge is 0.348 e. The van der Waals surface area contributed by atoms with Gasteiger partial charge in [0.25, 0.3) is 0 Å². The predicted octanol–water partition coefficient (Wildman–Crippen LogP) is 4.84. The minimum atomic E-state index is -3.57. The van der Waals surface area contributed by atoms with Gasteiger partial charge < -0.3 is 4.90 Å². The summed E-state index contributed by atoms with van der Waals surface area (Å²) >= 11 is 7.41. The molecule has 0 atom stereocenters. The summed E-state index contributed by atoms with van der Waals surface area (Å²) < 4.78 is 39.6. The van der Waals surface area contributed by atoms with Crippen LogP contribution in [0.4, 0.5) is 9.52 Å². The number of hydrogen-bond acceptors (Lipinski definition) is 6. The van der Waals surface area contributed by atoms with Gasteiger partial charge in [-0.3, -0.25) is 0 Å². The number of anilines is 1. The van der Waals surface area contributed by atoms with Gasteiger partial charge in [0.15, 0.2) is 15.0 Å². The lowest BCUT2D eigenvalue weighted by Gasteiger charge is -2.31. The van der Waals surface area contributed by atoms with Crippen molar-refractivity contribution in [2.45, 2.75) is 29.4 Å². The predicted molar refractivity (Wildman–Crippen MR) is 120 cm³/mol. The highest BCUT2D eigenvalue weighted by Crippen LogP contribution is 2.30. The zero-order valence-electron chi connectivity index (χ0n) is 16.5. The second kappa shape index (κ2) is 8.95. The Morgan fingerprint density at radius 2 is 1.97 bits per heavy atom. The van der Waals surface area contributed by atoms with E-state index in [2.05, 4.69) is 9.88 Å². The number of aromatic nitrogens is 1. The maximum absolute atomic E-state index is 13.6. The first kappa shape index (κ1) is 21.8. The lowest BCUT2D eigenvalue weighted by atomic mass is 10.1. The summed E-state index contributed by atoms with van der Waals surface area (Å²) in [6.45, 7) is 1.13. The molecule has 0 aliphatic carbocycles. The molecule has 9 heteroatoms. The van der Waals surface area contributed by atoms with Crippen molar-refractivity contribution in [3.05, 3.63) is 75.5 Å². The first-order valence-corrected chi connectivity index (χ1v) is 12.5. The lowest BCUT2D eigenvalue weighted by molar-refractivity contribution is 0.529. The Morgan fingerprint density at radius 3 is 2.68 bits per heavy atom. The van der Waals surface area contributed by atoms with Crippen LogP contribution >= 0.6 is 22.9 Å². The molecule has 2 aromatic carbocycles. The molecular formula is C22H19ClFN3O2S2. The molecule has 1 fully saturated rings. The summed E-state index contributed by atoms with van der Waals surface area (Å²) in [6.07, 6.45) is 1.41. The average molecular weight is 476 g/mol. The lowest BCUT2D eigenvalue weighted by Crippen LogP contribution is -2.39. The number of sulfone groups is 1. The van der Waals surface area contributed by atoms with E-state index in [9.17, 15) is 18.1 Å². The van der Waals surface area contributed by atoms with Gasteiger partial charge in [0.05, 0.1) is 21.4 Å². The smallest absolute Gasteiger partial charge is 0.185 e. The monoisotopic (exact) mass is 475 g/mol. The highest BCUT2D eigenvalue weighted by Gasteiger charge is 2.33. The van der Waals surface area contributed by atoms with E-state index >= 15 is 0 Å². The molecule has 1 aliphatic heterocycles. The highest BCUT2D eigenvalue weighted by molar-refractivity contribution is 7.92. The Bertz CT molecular complexity index is 1230. The third kappa shape index (κ3) is 4.74. The Balaban J connectivity index is 1.43. The fourth-order valence-electron chi connectivity index (χ4n) is 3.79. The van der Waals surface area contributed by atoms with Crippen LogP contribution < -0.4 is 4.90 Å². The van der Waals surface area contributed by atoms with Crippen LogP contribution in [0.1, 0.15) is 29.7 Å². The van der Waals surface area contributed by atoms with E-state index in [1.807, 2.05) is 11.4 Å². The van der Waals surface area contributed by atoms with Crippen LogP contribution in [-0.4, -0.2) is 31.7 Å². The molecule has 0 bridgehead atoms. The van der Waals surface area contributed by atoms with Crippen molar-refractivity contribution in [2.24, 2.45) is 0 Å². The number of benzene rings is 2. The maximum Gasteiger partial charge on any atom is 0.185 e. The van der Waals surface area contributed by atoms with E-state index in [1.165, 1.54) is 35.6 Å². The van der Waals surface area contributed by atoms with Crippen LogP contribution in [0, 0.1) is 17.1 Å². The van der Waals surface area contributed by atoms with Crippen molar-refractivity contribution in [2.75, 3.05) is 18.0 Å². The van der Waals surface area contributed by atoms with E-state index in [-0.39, 0.29) is 16.3 Å². The Kier molecular flexibility index (Phi) is 6.28. The minimum Gasteiger partial charge on any atom is -0.348 e. The molecule has 1 aliphatic rings. The summed E-state index contributed by atoms with van der Waals surface area (Å²) in [5, 5.41) is 11.8. The standard InChI is InChI=1S/C22H19ClFN3O2S2/c23-17-9-15(10-18(24)12-17)11-19-14-30-22(26-19)27-7-5-20(6-8-27)31(28,29)21-4-2-1-3-16(21)13-25/h1-4,9-10,12,14,20H,5-8,11H2. The molecule has 0 spiro atoms.